The van der Waals surface area contributed by atoms with Crippen LogP contribution in [-0.2, 0) is 9.59 Å². The van der Waals surface area contributed by atoms with Gasteiger partial charge in [0.2, 0.25) is 17.0 Å². The number of ether oxygens (including phenoxy) is 2. The number of carbonyl (C=O) groups excluding carboxylic acids is 2. The lowest BCUT2D eigenvalue weighted by Gasteiger charge is -2.12. The standard InChI is InChI=1S/C21H24N6O4S/c1-4-31-16-8-5-14(6-9-16)20-25-26-21(27(20)22)32-12-19(29)24-17-11-15(23-13(2)28)7-10-18(17)30-3/h5-11H,4,12,22H2,1-3H3,(H,23,28)(H,24,29). The van der Waals surface area contributed by atoms with E-state index in [9.17, 15) is 9.59 Å². The second-order valence-electron chi connectivity index (χ2n) is 6.57. The SMILES string of the molecule is CCOc1ccc(-c2nnc(SCC(=O)Nc3cc(NC(C)=O)ccc3OC)n2N)cc1. The Hall–Kier alpha value is -3.73. The van der Waals surface area contributed by atoms with Gasteiger partial charge in [-0.1, -0.05) is 11.8 Å². The number of anilines is 2. The maximum absolute atomic E-state index is 12.5. The zero-order valence-electron chi connectivity index (χ0n) is 17.9. The fourth-order valence-corrected chi connectivity index (χ4v) is 3.50. The third-order valence-corrected chi connectivity index (χ3v) is 5.16. The average Bonchev–Trinajstić information content (AvgIpc) is 3.13. The zero-order valence-corrected chi connectivity index (χ0v) is 18.7. The van der Waals surface area contributed by atoms with Crippen molar-refractivity contribution in [1.29, 1.82) is 0 Å². The van der Waals surface area contributed by atoms with Gasteiger partial charge in [-0.2, -0.15) is 0 Å². The fraction of sp³-hybridized carbons (Fsp3) is 0.238. The Morgan fingerprint density at radius 2 is 1.88 bits per heavy atom. The van der Waals surface area contributed by atoms with Gasteiger partial charge in [-0.3, -0.25) is 9.59 Å². The lowest BCUT2D eigenvalue weighted by atomic mass is 10.2. The Morgan fingerprint density at radius 3 is 2.53 bits per heavy atom. The van der Waals surface area contributed by atoms with Crippen molar-refractivity contribution in [3.8, 4) is 22.9 Å². The summed E-state index contributed by atoms with van der Waals surface area (Å²) in [7, 11) is 1.50. The van der Waals surface area contributed by atoms with Crippen LogP contribution in [0.25, 0.3) is 11.4 Å². The lowest BCUT2D eigenvalue weighted by Crippen LogP contribution is -2.17. The topological polar surface area (TPSA) is 133 Å². The molecule has 168 valence electrons. The van der Waals surface area contributed by atoms with Gasteiger partial charge in [-0.05, 0) is 49.4 Å². The number of methoxy groups -OCH3 is 1. The summed E-state index contributed by atoms with van der Waals surface area (Å²) in [4.78, 5) is 23.8. The van der Waals surface area contributed by atoms with Crippen LogP contribution in [0, 0.1) is 0 Å². The fourth-order valence-electron chi connectivity index (χ4n) is 2.84. The molecule has 0 aliphatic carbocycles. The summed E-state index contributed by atoms with van der Waals surface area (Å²) in [6, 6.07) is 12.3. The largest absolute Gasteiger partial charge is 0.495 e. The first-order chi connectivity index (χ1) is 15.4. The third-order valence-electron chi connectivity index (χ3n) is 4.21. The lowest BCUT2D eigenvalue weighted by molar-refractivity contribution is -0.114. The van der Waals surface area contributed by atoms with Crippen molar-refractivity contribution in [1.82, 2.24) is 14.9 Å². The van der Waals surface area contributed by atoms with E-state index in [1.54, 1.807) is 18.2 Å². The molecule has 1 aromatic heterocycles. The number of nitrogens with one attached hydrogen (secondary N) is 2. The summed E-state index contributed by atoms with van der Waals surface area (Å²) >= 11 is 1.15. The highest BCUT2D eigenvalue weighted by molar-refractivity contribution is 7.99. The number of benzene rings is 2. The van der Waals surface area contributed by atoms with Crippen LogP contribution in [-0.4, -0.2) is 46.2 Å². The van der Waals surface area contributed by atoms with E-state index in [1.165, 1.54) is 18.7 Å². The van der Waals surface area contributed by atoms with E-state index in [4.69, 9.17) is 15.3 Å². The van der Waals surface area contributed by atoms with E-state index in [1.807, 2.05) is 31.2 Å². The first-order valence-corrected chi connectivity index (χ1v) is 10.7. The molecule has 0 aliphatic heterocycles. The smallest absolute Gasteiger partial charge is 0.234 e. The number of amides is 2. The van der Waals surface area contributed by atoms with E-state index in [2.05, 4.69) is 20.8 Å². The molecule has 2 aromatic carbocycles. The van der Waals surface area contributed by atoms with Crippen molar-refractivity contribution in [2.45, 2.75) is 19.0 Å². The Bertz CT molecular complexity index is 1100. The highest BCUT2D eigenvalue weighted by Crippen LogP contribution is 2.29. The molecule has 11 heteroatoms. The molecule has 0 saturated heterocycles. The Morgan fingerprint density at radius 1 is 1.12 bits per heavy atom. The predicted molar refractivity (Wildman–Crippen MR) is 123 cm³/mol. The molecular weight excluding hydrogens is 432 g/mol. The van der Waals surface area contributed by atoms with Crippen molar-refractivity contribution in [2.24, 2.45) is 0 Å². The van der Waals surface area contributed by atoms with Gasteiger partial charge < -0.3 is 25.9 Å². The minimum atomic E-state index is -0.293. The maximum atomic E-state index is 12.5. The normalized spacial score (nSPS) is 10.5. The first-order valence-electron chi connectivity index (χ1n) is 9.73. The number of carbonyl (C=O) groups is 2. The van der Waals surface area contributed by atoms with Crippen LogP contribution in [0.1, 0.15) is 13.8 Å². The van der Waals surface area contributed by atoms with Crippen molar-refractivity contribution in [2.75, 3.05) is 35.9 Å². The van der Waals surface area contributed by atoms with Crippen LogP contribution in [0.3, 0.4) is 0 Å². The van der Waals surface area contributed by atoms with Gasteiger partial charge in [0.15, 0.2) is 5.82 Å². The molecule has 0 spiro atoms. The van der Waals surface area contributed by atoms with Gasteiger partial charge in [0.1, 0.15) is 11.5 Å². The summed E-state index contributed by atoms with van der Waals surface area (Å²) < 4.78 is 12.0. The Kier molecular flexibility index (Phi) is 7.55. The molecule has 10 nitrogen and oxygen atoms in total. The number of nitrogens with two attached hydrogens (primary N) is 1. The van der Waals surface area contributed by atoms with Crippen LogP contribution in [0.5, 0.6) is 11.5 Å². The molecule has 1 heterocycles. The zero-order chi connectivity index (χ0) is 23.1. The van der Waals surface area contributed by atoms with Crippen molar-refractivity contribution < 1.29 is 19.1 Å². The van der Waals surface area contributed by atoms with E-state index in [0.717, 1.165) is 23.1 Å². The number of nitrogen functional groups attached to an aromatic ring is 1. The molecule has 3 aromatic rings. The number of hydrogen-bond acceptors (Lipinski definition) is 8. The van der Waals surface area contributed by atoms with Crippen LogP contribution in [0.2, 0.25) is 0 Å². The van der Waals surface area contributed by atoms with Crippen LogP contribution < -0.4 is 25.9 Å². The van der Waals surface area contributed by atoms with Gasteiger partial charge in [0.05, 0.1) is 25.2 Å². The minimum Gasteiger partial charge on any atom is -0.495 e. The van der Waals surface area contributed by atoms with Gasteiger partial charge in [0, 0.05) is 18.2 Å². The summed E-state index contributed by atoms with van der Waals surface area (Å²) in [6.45, 7) is 3.91. The summed E-state index contributed by atoms with van der Waals surface area (Å²) in [5.41, 5.74) is 1.76. The molecule has 2 amide bonds. The number of nitrogens with zero attached hydrogens (tertiary/aromatic N) is 3. The van der Waals surface area contributed by atoms with E-state index >= 15 is 0 Å². The molecule has 0 radical (unpaired) electrons. The molecule has 0 saturated carbocycles. The first kappa shape index (κ1) is 22.9. The number of aromatic nitrogens is 3. The molecule has 0 unspecified atom stereocenters. The average molecular weight is 457 g/mol. The van der Waals surface area contributed by atoms with E-state index < -0.39 is 0 Å². The van der Waals surface area contributed by atoms with Gasteiger partial charge in [-0.15, -0.1) is 10.2 Å². The molecule has 32 heavy (non-hydrogen) atoms. The highest BCUT2D eigenvalue weighted by Gasteiger charge is 2.15. The Balaban J connectivity index is 1.65. The molecule has 0 bridgehead atoms. The minimum absolute atomic E-state index is 0.0477. The number of rotatable bonds is 9. The summed E-state index contributed by atoms with van der Waals surface area (Å²) in [5, 5.41) is 14.0. The number of thioether (sulfide) groups is 1. The number of hydrogen-bond donors (Lipinski definition) is 3. The molecule has 0 fully saturated rings. The quantitative estimate of drug-likeness (QED) is 0.331. The second kappa shape index (κ2) is 10.5. The molecular formula is C21H24N6O4S. The summed E-state index contributed by atoms with van der Waals surface area (Å²) in [5.74, 6) is 7.37. The molecule has 0 atom stereocenters. The van der Waals surface area contributed by atoms with Crippen molar-refractivity contribution in [3.05, 3.63) is 42.5 Å². The maximum Gasteiger partial charge on any atom is 0.234 e. The van der Waals surface area contributed by atoms with Crippen LogP contribution in [0.15, 0.2) is 47.6 Å². The van der Waals surface area contributed by atoms with Crippen molar-refractivity contribution >= 4 is 35.0 Å². The summed E-state index contributed by atoms with van der Waals surface area (Å²) in [6.07, 6.45) is 0. The van der Waals surface area contributed by atoms with E-state index in [0.29, 0.717) is 34.7 Å². The van der Waals surface area contributed by atoms with Crippen molar-refractivity contribution in [3.63, 3.8) is 0 Å². The second-order valence-corrected chi connectivity index (χ2v) is 7.51. The van der Waals surface area contributed by atoms with Crippen LogP contribution >= 0.6 is 11.8 Å². The van der Waals surface area contributed by atoms with Gasteiger partial charge >= 0.3 is 0 Å². The van der Waals surface area contributed by atoms with E-state index in [-0.39, 0.29) is 17.6 Å². The Labute approximate surface area is 189 Å². The highest BCUT2D eigenvalue weighted by atomic mass is 32.2. The van der Waals surface area contributed by atoms with Gasteiger partial charge in [0.25, 0.3) is 0 Å². The molecule has 4 N–H and O–H groups in total. The predicted octanol–water partition coefficient (Wildman–Crippen LogP) is 2.76. The monoisotopic (exact) mass is 456 g/mol. The van der Waals surface area contributed by atoms with Crippen LogP contribution in [0.4, 0.5) is 11.4 Å². The molecule has 3 rings (SSSR count). The third kappa shape index (κ3) is 5.70. The van der Waals surface area contributed by atoms with Gasteiger partial charge in [-0.25, -0.2) is 4.68 Å². The molecule has 0 aliphatic rings.